The maximum absolute atomic E-state index is 10.5. The Morgan fingerprint density at radius 2 is 1.76 bits per heavy atom. The minimum Gasteiger partial charge on any atom is -0.386 e. The molecule has 1 aromatic carbocycles. The van der Waals surface area contributed by atoms with Gasteiger partial charge in [0.2, 0.25) is 0 Å². The summed E-state index contributed by atoms with van der Waals surface area (Å²) in [7, 11) is 1.66. The molecular weight excluding hydrogens is 212 g/mol. The van der Waals surface area contributed by atoms with Gasteiger partial charge in [0.05, 0.1) is 6.10 Å². The highest BCUT2D eigenvalue weighted by Gasteiger charge is 2.32. The van der Waals surface area contributed by atoms with Crippen molar-refractivity contribution in [3.8, 4) is 0 Å². The van der Waals surface area contributed by atoms with E-state index in [0.717, 1.165) is 11.1 Å². The van der Waals surface area contributed by atoms with Gasteiger partial charge >= 0.3 is 0 Å². The molecule has 1 rings (SSSR count). The predicted molar refractivity (Wildman–Crippen MR) is 71.1 cm³/mol. The minimum atomic E-state index is -0.583. The van der Waals surface area contributed by atoms with Crippen LogP contribution in [-0.2, 0) is 4.74 Å². The van der Waals surface area contributed by atoms with E-state index in [1.807, 2.05) is 19.1 Å². The van der Waals surface area contributed by atoms with Crippen molar-refractivity contribution in [2.24, 2.45) is 5.41 Å². The second kappa shape index (κ2) is 5.19. The Balaban J connectivity index is 3.06. The van der Waals surface area contributed by atoms with E-state index in [-0.39, 0.29) is 11.5 Å². The number of aliphatic hydroxyl groups is 1. The molecule has 96 valence electrons. The molecule has 2 unspecified atom stereocenters. The predicted octanol–water partition coefficient (Wildman–Crippen LogP) is 3.40. The fraction of sp³-hybridized carbons (Fsp3) is 0.600. The summed E-state index contributed by atoms with van der Waals surface area (Å²) in [5.41, 5.74) is 3.19. The third-order valence-electron chi connectivity index (χ3n) is 3.14. The number of hydrogen-bond acceptors (Lipinski definition) is 2. The lowest BCUT2D eigenvalue weighted by Gasteiger charge is -2.34. The van der Waals surface area contributed by atoms with Crippen LogP contribution in [0, 0.1) is 19.3 Å². The van der Waals surface area contributed by atoms with Crippen LogP contribution in [0.25, 0.3) is 0 Å². The summed E-state index contributed by atoms with van der Waals surface area (Å²) < 4.78 is 5.47. The van der Waals surface area contributed by atoms with Crippen LogP contribution in [0.2, 0.25) is 0 Å². The van der Waals surface area contributed by atoms with E-state index in [1.54, 1.807) is 7.11 Å². The van der Waals surface area contributed by atoms with Gasteiger partial charge in [0.1, 0.15) is 6.10 Å². The highest BCUT2D eigenvalue weighted by molar-refractivity contribution is 5.32. The molecular formula is C15H24O2. The molecule has 0 radical (unpaired) electrons. The maximum atomic E-state index is 10.5. The zero-order chi connectivity index (χ0) is 13.2. The van der Waals surface area contributed by atoms with Gasteiger partial charge in [-0.1, -0.05) is 44.5 Å². The molecule has 2 atom stereocenters. The van der Waals surface area contributed by atoms with Crippen LogP contribution in [-0.4, -0.2) is 18.3 Å². The summed E-state index contributed by atoms with van der Waals surface area (Å²) in [6.45, 7) is 10.3. The van der Waals surface area contributed by atoms with Gasteiger partial charge in [0, 0.05) is 7.11 Å². The number of ether oxygens (including phenoxy) is 1. The van der Waals surface area contributed by atoms with Crippen LogP contribution >= 0.6 is 0 Å². The lowest BCUT2D eigenvalue weighted by atomic mass is 9.82. The van der Waals surface area contributed by atoms with E-state index in [2.05, 4.69) is 33.8 Å². The maximum Gasteiger partial charge on any atom is 0.106 e. The zero-order valence-corrected chi connectivity index (χ0v) is 11.7. The molecule has 0 fully saturated rings. The fourth-order valence-corrected chi connectivity index (χ4v) is 2.28. The van der Waals surface area contributed by atoms with Crippen LogP contribution in [0.15, 0.2) is 18.2 Å². The number of aliphatic hydroxyl groups excluding tert-OH is 1. The van der Waals surface area contributed by atoms with Crippen molar-refractivity contribution >= 4 is 0 Å². The summed E-state index contributed by atoms with van der Waals surface area (Å²) in [6, 6.07) is 6.11. The third-order valence-corrected chi connectivity index (χ3v) is 3.14. The summed E-state index contributed by atoms with van der Waals surface area (Å²) >= 11 is 0. The van der Waals surface area contributed by atoms with Gasteiger partial charge in [-0.2, -0.15) is 0 Å². The minimum absolute atomic E-state index is 0.0918. The first kappa shape index (κ1) is 14.2. The molecule has 0 aromatic heterocycles. The summed E-state index contributed by atoms with van der Waals surface area (Å²) in [6.07, 6.45) is -0.787. The van der Waals surface area contributed by atoms with E-state index in [1.165, 1.54) is 5.56 Å². The van der Waals surface area contributed by atoms with Crippen molar-refractivity contribution in [2.45, 2.75) is 46.8 Å². The molecule has 1 N–H and O–H groups in total. The van der Waals surface area contributed by atoms with Gasteiger partial charge in [0.25, 0.3) is 0 Å². The number of benzene rings is 1. The van der Waals surface area contributed by atoms with Crippen molar-refractivity contribution in [3.63, 3.8) is 0 Å². The number of rotatable bonds is 3. The molecule has 2 nitrogen and oxygen atoms in total. The average molecular weight is 236 g/mol. The molecule has 0 spiro atoms. The second-order valence-electron chi connectivity index (χ2n) is 5.83. The van der Waals surface area contributed by atoms with Gasteiger partial charge in [-0.3, -0.25) is 0 Å². The summed E-state index contributed by atoms with van der Waals surface area (Å²) in [5, 5.41) is 10.5. The molecule has 0 aliphatic rings. The Morgan fingerprint density at radius 3 is 2.18 bits per heavy atom. The van der Waals surface area contributed by atoms with Crippen molar-refractivity contribution < 1.29 is 9.84 Å². The average Bonchev–Trinajstić information content (AvgIpc) is 2.15. The highest BCUT2D eigenvalue weighted by Crippen LogP contribution is 2.33. The largest absolute Gasteiger partial charge is 0.386 e. The first-order chi connectivity index (χ1) is 7.77. The number of hydrogen-bond donors (Lipinski definition) is 1. The van der Waals surface area contributed by atoms with Crippen molar-refractivity contribution in [2.75, 3.05) is 7.11 Å². The summed E-state index contributed by atoms with van der Waals surface area (Å²) in [4.78, 5) is 0. The SMILES string of the molecule is COC(C(O)c1ccc(C)cc1C)C(C)(C)C. The van der Waals surface area contributed by atoms with Crippen LogP contribution in [0.3, 0.4) is 0 Å². The quantitative estimate of drug-likeness (QED) is 0.871. The van der Waals surface area contributed by atoms with Crippen molar-refractivity contribution in [3.05, 3.63) is 34.9 Å². The van der Waals surface area contributed by atoms with E-state index < -0.39 is 6.10 Å². The number of methoxy groups -OCH3 is 1. The Hall–Kier alpha value is -0.860. The molecule has 0 bridgehead atoms. The monoisotopic (exact) mass is 236 g/mol. The molecule has 0 heterocycles. The van der Waals surface area contributed by atoms with Gasteiger partial charge in [-0.05, 0) is 30.4 Å². The normalized spacial score (nSPS) is 15.7. The van der Waals surface area contributed by atoms with Gasteiger partial charge < -0.3 is 9.84 Å². The van der Waals surface area contributed by atoms with Crippen molar-refractivity contribution in [1.82, 2.24) is 0 Å². The highest BCUT2D eigenvalue weighted by atomic mass is 16.5. The Kier molecular flexibility index (Phi) is 4.34. The van der Waals surface area contributed by atoms with E-state index in [0.29, 0.717) is 0 Å². The topological polar surface area (TPSA) is 29.5 Å². The number of aryl methyl sites for hydroxylation is 2. The van der Waals surface area contributed by atoms with E-state index in [9.17, 15) is 5.11 Å². The third kappa shape index (κ3) is 3.30. The smallest absolute Gasteiger partial charge is 0.106 e. The van der Waals surface area contributed by atoms with Gasteiger partial charge in [-0.25, -0.2) is 0 Å². The molecule has 0 amide bonds. The molecule has 0 saturated heterocycles. The standard InChI is InChI=1S/C15H24O2/c1-10-7-8-12(11(2)9-10)13(16)14(17-6)15(3,4)5/h7-9,13-14,16H,1-6H3. The molecule has 1 aromatic rings. The van der Waals surface area contributed by atoms with Gasteiger partial charge in [-0.15, -0.1) is 0 Å². The van der Waals surface area contributed by atoms with Crippen LogP contribution in [0.1, 0.15) is 43.6 Å². The molecule has 0 saturated carbocycles. The molecule has 17 heavy (non-hydrogen) atoms. The molecule has 0 aliphatic carbocycles. The van der Waals surface area contributed by atoms with Crippen LogP contribution in [0.5, 0.6) is 0 Å². The lowest BCUT2D eigenvalue weighted by molar-refractivity contribution is -0.0726. The van der Waals surface area contributed by atoms with E-state index in [4.69, 9.17) is 4.74 Å². The van der Waals surface area contributed by atoms with Crippen LogP contribution < -0.4 is 0 Å². The fourth-order valence-electron chi connectivity index (χ4n) is 2.28. The van der Waals surface area contributed by atoms with E-state index >= 15 is 0 Å². The Labute approximate surface area is 105 Å². The summed E-state index contributed by atoms with van der Waals surface area (Å²) in [5.74, 6) is 0. The second-order valence-corrected chi connectivity index (χ2v) is 5.83. The van der Waals surface area contributed by atoms with Crippen LogP contribution in [0.4, 0.5) is 0 Å². The Bertz CT molecular complexity index is 377. The van der Waals surface area contributed by atoms with Crippen molar-refractivity contribution in [1.29, 1.82) is 0 Å². The molecule has 2 heteroatoms. The van der Waals surface area contributed by atoms with Gasteiger partial charge in [0.15, 0.2) is 0 Å². The Morgan fingerprint density at radius 1 is 1.18 bits per heavy atom. The first-order valence-corrected chi connectivity index (χ1v) is 6.05. The first-order valence-electron chi connectivity index (χ1n) is 6.05. The molecule has 0 aliphatic heterocycles. The zero-order valence-electron chi connectivity index (χ0n) is 11.7. The lowest BCUT2D eigenvalue weighted by Crippen LogP contribution is -2.34.